The molecule has 0 fully saturated rings. The Morgan fingerprint density at radius 2 is 1.00 bits per heavy atom. The van der Waals surface area contributed by atoms with Crippen LogP contribution in [-0.2, 0) is 46.4 Å². The van der Waals surface area contributed by atoms with Crippen LogP contribution in [0.2, 0.25) is 0 Å². The van der Waals surface area contributed by atoms with Gasteiger partial charge in [-0.25, -0.2) is 0 Å². The average Bonchev–Trinajstić information content (AvgIpc) is 0. The zero-order chi connectivity index (χ0) is 0. The van der Waals surface area contributed by atoms with Gasteiger partial charge in [-0.05, 0) is 0 Å². The van der Waals surface area contributed by atoms with E-state index in [1.165, 1.54) is 0 Å². The maximum atomic E-state index is 0. The minimum atomic E-state index is 0. The van der Waals surface area contributed by atoms with Gasteiger partial charge in [-0.2, -0.15) is 0 Å². The van der Waals surface area contributed by atoms with Gasteiger partial charge in [0.25, 0.3) is 0 Å². The molecule has 0 bridgehead atoms. The van der Waals surface area contributed by atoms with Crippen LogP contribution < -0.4 is 18.9 Å². The Hall–Kier alpha value is 1.88. The third-order valence-corrected chi connectivity index (χ3v) is 0. The average molecular weight is 182 g/mol. The van der Waals surface area contributed by atoms with Gasteiger partial charge in [-0.3, -0.25) is 0 Å². The molecule has 0 amide bonds. The molecular formula is AgLiOV. The molecule has 0 atom stereocenters. The van der Waals surface area contributed by atoms with E-state index in [-0.39, 0.29) is 65.3 Å². The molecule has 4 heavy (non-hydrogen) atoms. The SMILES string of the molecule is [Ag+].[Li+].[O-2].[V]. The summed E-state index contributed by atoms with van der Waals surface area (Å²) in [4.78, 5) is 0. The summed E-state index contributed by atoms with van der Waals surface area (Å²) in [6.45, 7) is 0. The molecule has 0 aromatic heterocycles. The first kappa shape index (κ1) is 39.6. The first-order valence-electron chi connectivity index (χ1n) is 0. The van der Waals surface area contributed by atoms with Gasteiger partial charge in [0.1, 0.15) is 0 Å². The molecule has 23 valence electrons. The molecule has 0 heterocycles. The standard InChI is InChI=1S/Ag.Li.O.V/q2*+1;-2;. The molecule has 0 saturated heterocycles. The van der Waals surface area contributed by atoms with Crippen LogP contribution in [0.4, 0.5) is 0 Å². The molecule has 0 N–H and O–H groups in total. The molecule has 0 unspecified atom stereocenters. The minimum absolute atomic E-state index is 0. The molecule has 0 saturated carbocycles. The molecule has 4 heteroatoms. The molecule has 0 spiro atoms. The molecule has 0 aliphatic carbocycles. The van der Waals surface area contributed by atoms with Crippen LogP contribution in [0.15, 0.2) is 0 Å². The summed E-state index contributed by atoms with van der Waals surface area (Å²) in [7, 11) is 0. The van der Waals surface area contributed by atoms with Crippen molar-refractivity contribution in [2.45, 2.75) is 0 Å². The fraction of sp³-hybridized carbons (Fsp3) is 0. The van der Waals surface area contributed by atoms with Gasteiger partial charge < -0.3 is 5.48 Å². The zero-order valence-corrected chi connectivity index (χ0v) is 5.04. The predicted molar refractivity (Wildman–Crippen MR) is 0.686 cm³/mol. The van der Waals surface area contributed by atoms with Crippen molar-refractivity contribution in [1.29, 1.82) is 0 Å². The summed E-state index contributed by atoms with van der Waals surface area (Å²) in [6, 6.07) is 0. The van der Waals surface area contributed by atoms with Crippen LogP contribution in [0.3, 0.4) is 0 Å². The fourth-order valence-electron chi connectivity index (χ4n) is 0. The van der Waals surface area contributed by atoms with E-state index in [4.69, 9.17) is 0 Å². The molecule has 0 aliphatic rings. The maximum Gasteiger partial charge on any atom is 1.00 e. The summed E-state index contributed by atoms with van der Waals surface area (Å²) in [5.41, 5.74) is 0. The molecular weight excluding hydrogens is 182 g/mol. The Labute approximate surface area is 64.8 Å². The van der Waals surface area contributed by atoms with E-state index >= 15 is 0 Å². The van der Waals surface area contributed by atoms with E-state index in [2.05, 4.69) is 0 Å². The van der Waals surface area contributed by atoms with Gasteiger partial charge in [0.15, 0.2) is 0 Å². The maximum absolute atomic E-state index is 0. The van der Waals surface area contributed by atoms with E-state index < -0.39 is 0 Å². The largest absolute Gasteiger partial charge is 2.00 e. The van der Waals surface area contributed by atoms with Gasteiger partial charge >= 0.3 is 41.2 Å². The van der Waals surface area contributed by atoms with Crippen molar-refractivity contribution in [3.63, 3.8) is 0 Å². The summed E-state index contributed by atoms with van der Waals surface area (Å²) < 4.78 is 0. The van der Waals surface area contributed by atoms with E-state index in [1.807, 2.05) is 0 Å². The smallest absolute Gasteiger partial charge is 1.00 e. The summed E-state index contributed by atoms with van der Waals surface area (Å²) >= 11 is 0. The van der Waals surface area contributed by atoms with Gasteiger partial charge in [0.2, 0.25) is 0 Å². The summed E-state index contributed by atoms with van der Waals surface area (Å²) in [5, 5.41) is 0. The molecule has 0 aliphatic heterocycles. The number of hydrogen-bond acceptors (Lipinski definition) is 0. The van der Waals surface area contributed by atoms with Crippen LogP contribution in [0.1, 0.15) is 0 Å². The van der Waals surface area contributed by atoms with Crippen LogP contribution in [0, 0.1) is 0 Å². The molecule has 0 aromatic carbocycles. The van der Waals surface area contributed by atoms with Gasteiger partial charge in [0.05, 0.1) is 0 Å². The Morgan fingerprint density at radius 3 is 1.00 bits per heavy atom. The van der Waals surface area contributed by atoms with E-state index in [0.717, 1.165) is 0 Å². The Kier molecular flexibility index (Phi) is 206. The second kappa shape index (κ2) is 20.8. The number of rotatable bonds is 0. The van der Waals surface area contributed by atoms with Crippen molar-refractivity contribution < 1.29 is 65.3 Å². The van der Waals surface area contributed by atoms with Gasteiger partial charge in [-0.1, -0.05) is 0 Å². The van der Waals surface area contributed by atoms with E-state index in [9.17, 15) is 0 Å². The minimum Gasteiger partial charge on any atom is -2.00 e. The first-order valence-corrected chi connectivity index (χ1v) is 0. The van der Waals surface area contributed by atoms with E-state index in [0.29, 0.717) is 0 Å². The molecule has 1 radical (unpaired) electrons. The zero-order valence-electron chi connectivity index (χ0n) is 2.16. The van der Waals surface area contributed by atoms with Crippen molar-refractivity contribution in [3.8, 4) is 0 Å². The van der Waals surface area contributed by atoms with Crippen molar-refractivity contribution in [3.05, 3.63) is 0 Å². The molecule has 0 aromatic rings. The molecule has 1 nitrogen and oxygen atoms in total. The van der Waals surface area contributed by atoms with Crippen molar-refractivity contribution in [2.75, 3.05) is 0 Å². The Morgan fingerprint density at radius 1 is 1.00 bits per heavy atom. The summed E-state index contributed by atoms with van der Waals surface area (Å²) in [5.74, 6) is 0. The van der Waals surface area contributed by atoms with Crippen LogP contribution in [0.25, 0.3) is 0 Å². The quantitative estimate of drug-likeness (QED) is 0.354. The normalized spacial score (nSPS) is 0. The van der Waals surface area contributed by atoms with E-state index in [1.54, 1.807) is 0 Å². The van der Waals surface area contributed by atoms with Gasteiger partial charge in [-0.15, -0.1) is 0 Å². The monoisotopic (exact) mass is 181 g/mol. The predicted octanol–water partition coefficient (Wildman–Crippen LogP) is -3.12. The van der Waals surface area contributed by atoms with Crippen molar-refractivity contribution >= 4 is 0 Å². The summed E-state index contributed by atoms with van der Waals surface area (Å²) in [6.07, 6.45) is 0. The Bertz CT molecular complexity index is 8.00. The second-order valence-corrected chi connectivity index (χ2v) is 0. The second-order valence-electron chi connectivity index (χ2n) is 0. The van der Waals surface area contributed by atoms with Crippen LogP contribution in [-0.4, -0.2) is 0 Å². The van der Waals surface area contributed by atoms with Crippen molar-refractivity contribution in [1.82, 2.24) is 0 Å². The third kappa shape index (κ3) is 9.10. The first-order chi connectivity index (χ1) is 0. The number of hydrogen-bond donors (Lipinski definition) is 0. The van der Waals surface area contributed by atoms with Crippen molar-refractivity contribution in [2.24, 2.45) is 0 Å². The molecule has 0 rings (SSSR count). The fourth-order valence-corrected chi connectivity index (χ4v) is 0. The topological polar surface area (TPSA) is 28.5 Å². The van der Waals surface area contributed by atoms with Gasteiger partial charge in [0, 0.05) is 18.6 Å². The third-order valence-electron chi connectivity index (χ3n) is 0. The van der Waals surface area contributed by atoms with Crippen LogP contribution >= 0.6 is 0 Å². The Balaban J connectivity index is 0. The van der Waals surface area contributed by atoms with Crippen LogP contribution in [0.5, 0.6) is 0 Å².